The number of hydrogen-bond acceptors (Lipinski definition) is 4. The molecule has 2 N–H and O–H groups in total. The average molecular weight is 251 g/mol. The molecular formula is C14H21NO3. The van der Waals surface area contributed by atoms with Crippen molar-refractivity contribution in [2.24, 2.45) is 0 Å². The van der Waals surface area contributed by atoms with Crippen LogP contribution in [0.2, 0.25) is 0 Å². The molecule has 0 aliphatic carbocycles. The van der Waals surface area contributed by atoms with E-state index in [2.05, 4.69) is 17.4 Å². The Balaban J connectivity index is 1.75. The van der Waals surface area contributed by atoms with Gasteiger partial charge in [-0.15, -0.1) is 0 Å². The Labute approximate surface area is 108 Å². The molecule has 4 nitrogen and oxygen atoms in total. The number of aliphatic hydroxyl groups excluding tert-OH is 1. The summed E-state index contributed by atoms with van der Waals surface area (Å²) in [5.41, 5.74) is 1.23. The van der Waals surface area contributed by atoms with Crippen LogP contribution in [0.5, 0.6) is 0 Å². The minimum Gasteiger partial charge on any atom is -0.395 e. The second kappa shape index (κ2) is 7.48. The molecule has 4 heteroatoms. The lowest BCUT2D eigenvalue weighted by molar-refractivity contribution is -0.137. The molecule has 0 spiro atoms. The molecule has 0 bridgehead atoms. The third-order valence-electron chi connectivity index (χ3n) is 3.15. The predicted octanol–water partition coefficient (Wildman–Crippen LogP) is 0.943. The smallest absolute Gasteiger partial charge is 0.147 e. The van der Waals surface area contributed by atoms with Crippen LogP contribution in [0.4, 0.5) is 0 Å². The number of hydrogen-bond donors (Lipinski definition) is 2. The molecule has 1 fully saturated rings. The second-order valence-electron chi connectivity index (χ2n) is 4.58. The predicted molar refractivity (Wildman–Crippen MR) is 69.3 cm³/mol. The lowest BCUT2D eigenvalue weighted by atomic mass is 10.1. The Bertz CT molecular complexity index is 325. The van der Waals surface area contributed by atoms with Crippen molar-refractivity contribution in [3.63, 3.8) is 0 Å². The minimum absolute atomic E-state index is 0.0823. The zero-order valence-electron chi connectivity index (χ0n) is 10.5. The van der Waals surface area contributed by atoms with Crippen LogP contribution >= 0.6 is 0 Å². The van der Waals surface area contributed by atoms with Crippen LogP contribution in [0.1, 0.15) is 12.0 Å². The molecule has 1 heterocycles. The average Bonchev–Trinajstić information content (AvgIpc) is 2.45. The Morgan fingerprint density at radius 3 is 2.83 bits per heavy atom. The molecule has 1 aliphatic rings. The lowest BCUT2D eigenvalue weighted by Gasteiger charge is -2.25. The highest BCUT2D eigenvalue weighted by molar-refractivity contribution is 5.15. The van der Waals surface area contributed by atoms with E-state index in [1.165, 1.54) is 5.56 Å². The molecule has 1 aliphatic heterocycles. The van der Waals surface area contributed by atoms with Crippen LogP contribution in [-0.2, 0) is 15.9 Å². The molecule has 1 aromatic carbocycles. The Kier molecular flexibility index (Phi) is 5.61. The van der Waals surface area contributed by atoms with E-state index in [1.54, 1.807) is 0 Å². The Hall–Kier alpha value is -0.940. The molecule has 2 rings (SSSR count). The molecule has 1 aromatic rings. The number of ether oxygens (including phenoxy) is 2. The van der Waals surface area contributed by atoms with Crippen molar-refractivity contribution in [2.45, 2.75) is 25.0 Å². The fraction of sp³-hybridized carbons (Fsp3) is 0.571. The fourth-order valence-corrected chi connectivity index (χ4v) is 2.06. The van der Waals surface area contributed by atoms with Gasteiger partial charge in [-0.25, -0.2) is 0 Å². The monoisotopic (exact) mass is 251 g/mol. The maximum Gasteiger partial charge on any atom is 0.147 e. The van der Waals surface area contributed by atoms with Gasteiger partial charge in [0.05, 0.1) is 19.3 Å². The highest BCUT2D eigenvalue weighted by Crippen LogP contribution is 2.07. The molecular weight excluding hydrogens is 230 g/mol. The molecule has 0 aromatic heterocycles. The summed E-state index contributed by atoms with van der Waals surface area (Å²) >= 11 is 0. The van der Waals surface area contributed by atoms with Gasteiger partial charge in [0.2, 0.25) is 0 Å². The van der Waals surface area contributed by atoms with Crippen molar-refractivity contribution in [1.82, 2.24) is 5.32 Å². The first-order valence-electron chi connectivity index (χ1n) is 6.46. The van der Waals surface area contributed by atoms with Crippen LogP contribution in [0.25, 0.3) is 0 Å². The summed E-state index contributed by atoms with van der Waals surface area (Å²) in [6.07, 6.45) is 1.94. The van der Waals surface area contributed by atoms with E-state index < -0.39 is 0 Å². The van der Waals surface area contributed by atoms with Crippen molar-refractivity contribution in [3.8, 4) is 0 Å². The molecule has 0 amide bonds. The van der Waals surface area contributed by atoms with Crippen molar-refractivity contribution in [2.75, 3.05) is 26.6 Å². The normalized spacial score (nSPS) is 21.7. The summed E-state index contributed by atoms with van der Waals surface area (Å²) in [5, 5.41) is 12.7. The minimum atomic E-state index is 0.0823. The van der Waals surface area contributed by atoms with E-state index in [0.717, 1.165) is 26.0 Å². The SMILES string of the molecule is OCC(Cc1ccccc1)NCC1CCOCO1. The van der Waals surface area contributed by atoms with Gasteiger partial charge in [0.25, 0.3) is 0 Å². The third-order valence-corrected chi connectivity index (χ3v) is 3.15. The summed E-state index contributed by atoms with van der Waals surface area (Å²) in [6, 6.07) is 10.3. The van der Waals surface area contributed by atoms with Crippen LogP contribution in [-0.4, -0.2) is 43.8 Å². The van der Waals surface area contributed by atoms with Gasteiger partial charge in [-0.2, -0.15) is 0 Å². The summed E-state index contributed by atoms with van der Waals surface area (Å²) in [4.78, 5) is 0. The van der Waals surface area contributed by atoms with Crippen LogP contribution in [0.3, 0.4) is 0 Å². The lowest BCUT2D eigenvalue weighted by Crippen LogP contribution is -2.42. The Morgan fingerprint density at radius 1 is 1.33 bits per heavy atom. The van der Waals surface area contributed by atoms with Crippen LogP contribution < -0.4 is 5.32 Å². The summed E-state index contributed by atoms with van der Waals surface area (Å²) in [6.45, 7) is 2.04. The van der Waals surface area contributed by atoms with E-state index in [4.69, 9.17) is 9.47 Å². The summed E-state index contributed by atoms with van der Waals surface area (Å²) < 4.78 is 10.6. The molecule has 0 saturated carbocycles. The first-order chi connectivity index (χ1) is 8.88. The van der Waals surface area contributed by atoms with Crippen molar-refractivity contribution in [3.05, 3.63) is 35.9 Å². The number of aliphatic hydroxyl groups is 1. The fourth-order valence-electron chi connectivity index (χ4n) is 2.06. The molecule has 0 radical (unpaired) electrons. The Morgan fingerprint density at radius 2 is 2.17 bits per heavy atom. The van der Waals surface area contributed by atoms with E-state index in [1.807, 2.05) is 18.2 Å². The maximum absolute atomic E-state index is 9.39. The van der Waals surface area contributed by atoms with Gasteiger partial charge in [-0.1, -0.05) is 30.3 Å². The van der Waals surface area contributed by atoms with Gasteiger partial charge in [-0.05, 0) is 18.4 Å². The quantitative estimate of drug-likeness (QED) is 0.790. The number of nitrogens with one attached hydrogen (secondary N) is 1. The van der Waals surface area contributed by atoms with Gasteiger partial charge in [0.15, 0.2) is 0 Å². The standard InChI is InChI=1S/C14H21NO3/c16-10-13(8-12-4-2-1-3-5-12)15-9-14-6-7-17-11-18-14/h1-5,13-16H,6-11H2. The maximum atomic E-state index is 9.39. The molecule has 18 heavy (non-hydrogen) atoms. The van der Waals surface area contributed by atoms with Gasteiger partial charge in [0.1, 0.15) is 6.79 Å². The van der Waals surface area contributed by atoms with Crippen LogP contribution in [0.15, 0.2) is 30.3 Å². The molecule has 100 valence electrons. The van der Waals surface area contributed by atoms with E-state index in [-0.39, 0.29) is 18.8 Å². The first-order valence-corrected chi connectivity index (χ1v) is 6.46. The molecule has 2 atom stereocenters. The van der Waals surface area contributed by atoms with Gasteiger partial charge >= 0.3 is 0 Å². The zero-order chi connectivity index (χ0) is 12.6. The number of rotatable bonds is 6. The highest BCUT2D eigenvalue weighted by atomic mass is 16.7. The molecule has 2 unspecified atom stereocenters. The van der Waals surface area contributed by atoms with Gasteiger partial charge in [0, 0.05) is 12.6 Å². The summed E-state index contributed by atoms with van der Waals surface area (Å²) in [5.74, 6) is 0. The first kappa shape index (κ1) is 13.5. The third kappa shape index (κ3) is 4.38. The number of benzene rings is 1. The summed E-state index contributed by atoms with van der Waals surface area (Å²) in [7, 11) is 0. The van der Waals surface area contributed by atoms with Crippen LogP contribution in [0, 0.1) is 0 Å². The largest absolute Gasteiger partial charge is 0.395 e. The highest BCUT2D eigenvalue weighted by Gasteiger charge is 2.16. The van der Waals surface area contributed by atoms with E-state index >= 15 is 0 Å². The van der Waals surface area contributed by atoms with Crippen molar-refractivity contribution >= 4 is 0 Å². The van der Waals surface area contributed by atoms with E-state index in [9.17, 15) is 5.11 Å². The zero-order valence-corrected chi connectivity index (χ0v) is 10.5. The van der Waals surface area contributed by atoms with Gasteiger partial charge in [-0.3, -0.25) is 0 Å². The molecule has 1 saturated heterocycles. The van der Waals surface area contributed by atoms with E-state index in [0.29, 0.717) is 6.79 Å². The van der Waals surface area contributed by atoms with Crippen molar-refractivity contribution in [1.29, 1.82) is 0 Å². The van der Waals surface area contributed by atoms with Gasteiger partial charge < -0.3 is 19.9 Å². The second-order valence-corrected chi connectivity index (χ2v) is 4.58. The topological polar surface area (TPSA) is 50.7 Å². The van der Waals surface area contributed by atoms with Crippen molar-refractivity contribution < 1.29 is 14.6 Å².